The molecule has 2 rings (SSSR count). The molecule has 0 saturated heterocycles. The molecule has 8 heteroatoms. The summed E-state index contributed by atoms with van der Waals surface area (Å²) in [7, 11) is 0. The Balaban J connectivity index is 2.47. The van der Waals surface area contributed by atoms with Crippen molar-refractivity contribution in [2.24, 2.45) is 0 Å². The number of pyridine rings is 1. The minimum absolute atomic E-state index is 0.248. The lowest BCUT2D eigenvalue weighted by Crippen LogP contribution is -2.27. The minimum Gasteiger partial charge on any atom is -0.375 e. The topological polar surface area (TPSA) is 60.9 Å². The van der Waals surface area contributed by atoms with Crippen LogP contribution in [0, 0.1) is 0 Å². The fraction of sp³-hybridized carbons (Fsp3) is 0.200. The van der Waals surface area contributed by atoms with Crippen LogP contribution in [0.5, 0.6) is 0 Å². The van der Waals surface area contributed by atoms with E-state index < -0.39 is 17.4 Å². The number of thiazole rings is 1. The first-order chi connectivity index (χ1) is 8.38. The molecule has 0 amide bonds. The normalized spacial score (nSPS) is 11.7. The second-order valence-electron chi connectivity index (χ2n) is 3.51. The molecule has 0 aromatic carbocycles. The molecule has 0 aliphatic carbocycles. The molecule has 0 atom stereocenters. The Kier molecular flexibility index (Phi) is 3.12. The Hall–Kier alpha value is -1.83. The van der Waals surface area contributed by atoms with E-state index in [0.29, 0.717) is 10.3 Å². The molecule has 0 radical (unpaired) electrons. The first-order valence-electron chi connectivity index (χ1n) is 4.85. The molecular formula is C10H8F3N3OS. The van der Waals surface area contributed by atoms with Crippen LogP contribution >= 0.6 is 11.3 Å². The summed E-state index contributed by atoms with van der Waals surface area (Å²) in [4.78, 5) is 15.3. The van der Waals surface area contributed by atoms with E-state index in [0.717, 1.165) is 29.5 Å². The lowest BCUT2D eigenvalue weighted by Gasteiger charge is -2.13. The van der Waals surface area contributed by atoms with Crippen molar-refractivity contribution in [1.82, 2.24) is 9.55 Å². The molecule has 2 N–H and O–H groups in total. The van der Waals surface area contributed by atoms with Crippen LogP contribution in [0.4, 0.5) is 18.3 Å². The standard InChI is InChI=1S/C10H8F3N3OS/c11-10(12,13)7-2-1-3-8(17)16(7)4-6-5-18-9(14)15-6/h1-3,5H,4H2,(H2,14,15). The van der Waals surface area contributed by atoms with E-state index in [9.17, 15) is 18.0 Å². The summed E-state index contributed by atoms with van der Waals surface area (Å²) in [6.45, 7) is -0.248. The number of hydrogen-bond donors (Lipinski definition) is 1. The maximum atomic E-state index is 12.7. The van der Waals surface area contributed by atoms with Gasteiger partial charge < -0.3 is 5.73 Å². The second-order valence-corrected chi connectivity index (χ2v) is 4.40. The lowest BCUT2D eigenvalue weighted by molar-refractivity contribution is -0.144. The van der Waals surface area contributed by atoms with Crippen LogP contribution in [-0.4, -0.2) is 9.55 Å². The van der Waals surface area contributed by atoms with Gasteiger partial charge in [0.25, 0.3) is 5.56 Å². The summed E-state index contributed by atoms with van der Waals surface area (Å²) >= 11 is 1.11. The summed E-state index contributed by atoms with van der Waals surface area (Å²) < 4.78 is 38.8. The van der Waals surface area contributed by atoms with Crippen molar-refractivity contribution in [3.8, 4) is 0 Å². The Morgan fingerprint density at radius 3 is 2.67 bits per heavy atom. The van der Waals surface area contributed by atoms with Gasteiger partial charge in [-0.05, 0) is 6.07 Å². The molecule has 2 heterocycles. The van der Waals surface area contributed by atoms with Crippen molar-refractivity contribution in [2.45, 2.75) is 12.7 Å². The lowest BCUT2D eigenvalue weighted by atomic mass is 10.3. The summed E-state index contributed by atoms with van der Waals surface area (Å²) in [6.07, 6.45) is -4.58. The van der Waals surface area contributed by atoms with Gasteiger partial charge in [0.2, 0.25) is 0 Å². The molecule has 96 valence electrons. The molecule has 2 aromatic heterocycles. The zero-order valence-corrected chi connectivity index (χ0v) is 9.76. The SMILES string of the molecule is Nc1nc(Cn2c(C(F)(F)F)cccc2=O)cs1. The molecule has 0 unspecified atom stereocenters. The van der Waals surface area contributed by atoms with Crippen LogP contribution in [0.15, 0.2) is 28.4 Å². The largest absolute Gasteiger partial charge is 0.431 e. The van der Waals surface area contributed by atoms with Gasteiger partial charge in [-0.2, -0.15) is 13.2 Å². The van der Waals surface area contributed by atoms with E-state index in [2.05, 4.69) is 4.98 Å². The van der Waals surface area contributed by atoms with Gasteiger partial charge in [-0.15, -0.1) is 11.3 Å². The summed E-state index contributed by atoms with van der Waals surface area (Å²) in [5.41, 5.74) is 4.00. The number of hydrogen-bond acceptors (Lipinski definition) is 4. The third-order valence-corrected chi connectivity index (χ3v) is 2.95. The first kappa shape index (κ1) is 12.6. The van der Waals surface area contributed by atoms with E-state index in [1.807, 2.05) is 0 Å². The predicted molar refractivity (Wildman–Crippen MR) is 61.3 cm³/mol. The van der Waals surface area contributed by atoms with Crippen molar-refractivity contribution >= 4 is 16.5 Å². The number of nitrogens with two attached hydrogens (primary N) is 1. The van der Waals surface area contributed by atoms with Gasteiger partial charge in [-0.25, -0.2) is 4.98 Å². The van der Waals surface area contributed by atoms with Gasteiger partial charge in [0.15, 0.2) is 5.13 Å². The second kappa shape index (κ2) is 4.45. The molecule has 0 saturated carbocycles. The average Bonchev–Trinajstić information content (AvgIpc) is 2.65. The number of rotatable bonds is 2. The van der Waals surface area contributed by atoms with Crippen molar-refractivity contribution in [1.29, 1.82) is 0 Å². The zero-order chi connectivity index (χ0) is 13.3. The van der Waals surface area contributed by atoms with Crippen LogP contribution < -0.4 is 11.3 Å². The first-order valence-corrected chi connectivity index (χ1v) is 5.73. The Morgan fingerprint density at radius 2 is 2.11 bits per heavy atom. The summed E-state index contributed by atoms with van der Waals surface area (Å²) in [5.74, 6) is 0. The zero-order valence-electron chi connectivity index (χ0n) is 8.94. The van der Waals surface area contributed by atoms with Crippen LogP contribution in [0.3, 0.4) is 0 Å². The van der Waals surface area contributed by atoms with E-state index in [1.165, 1.54) is 5.38 Å². The molecule has 0 bridgehead atoms. The van der Waals surface area contributed by atoms with Gasteiger partial charge in [0, 0.05) is 11.4 Å². The van der Waals surface area contributed by atoms with Gasteiger partial charge in [0.1, 0.15) is 5.69 Å². The number of nitrogens with zero attached hydrogens (tertiary/aromatic N) is 2. The molecule has 18 heavy (non-hydrogen) atoms. The van der Waals surface area contributed by atoms with Gasteiger partial charge in [0.05, 0.1) is 12.2 Å². The number of nitrogen functional groups attached to an aromatic ring is 1. The van der Waals surface area contributed by atoms with E-state index in [1.54, 1.807) is 0 Å². The molecular weight excluding hydrogens is 267 g/mol. The highest BCUT2D eigenvalue weighted by molar-refractivity contribution is 7.13. The molecule has 0 aliphatic rings. The van der Waals surface area contributed by atoms with Crippen LogP contribution in [0.2, 0.25) is 0 Å². The maximum Gasteiger partial charge on any atom is 0.431 e. The third kappa shape index (κ3) is 2.53. The smallest absolute Gasteiger partial charge is 0.375 e. The minimum atomic E-state index is -4.58. The van der Waals surface area contributed by atoms with E-state index in [4.69, 9.17) is 5.73 Å². The highest BCUT2D eigenvalue weighted by atomic mass is 32.1. The molecule has 0 spiro atoms. The van der Waals surface area contributed by atoms with Crippen molar-refractivity contribution in [3.63, 3.8) is 0 Å². The van der Waals surface area contributed by atoms with Crippen LogP contribution in [0.1, 0.15) is 11.4 Å². The third-order valence-electron chi connectivity index (χ3n) is 2.23. The van der Waals surface area contributed by atoms with E-state index >= 15 is 0 Å². The van der Waals surface area contributed by atoms with Crippen LogP contribution in [-0.2, 0) is 12.7 Å². The average molecular weight is 275 g/mol. The predicted octanol–water partition coefficient (Wildman–Crippen LogP) is 1.95. The van der Waals surface area contributed by atoms with Gasteiger partial charge in [-0.1, -0.05) is 6.07 Å². The Morgan fingerprint density at radius 1 is 1.39 bits per heavy atom. The van der Waals surface area contributed by atoms with Crippen molar-refractivity contribution < 1.29 is 13.2 Å². The summed E-state index contributed by atoms with van der Waals surface area (Å²) in [5, 5.41) is 1.78. The number of halogens is 3. The molecule has 4 nitrogen and oxygen atoms in total. The number of alkyl halides is 3. The Bertz CT molecular complexity index is 617. The highest BCUT2D eigenvalue weighted by Crippen LogP contribution is 2.28. The molecule has 0 fully saturated rings. The number of aromatic nitrogens is 2. The fourth-order valence-electron chi connectivity index (χ4n) is 1.49. The quantitative estimate of drug-likeness (QED) is 0.911. The van der Waals surface area contributed by atoms with Gasteiger partial charge in [-0.3, -0.25) is 9.36 Å². The summed E-state index contributed by atoms with van der Waals surface area (Å²) in [6, 6.07) is 3.01. The van der Waals surface area contributed by atoms with Gasteiger partial charge >= 0.3 is 6.18 Å². The monoisotopic (exact) mass is 275 g/mol. The Labute approximate surface area is 104 Å². The molecule has 2 aromatic rings. The maximum absolute atomic E-state index is 12.7. The van der Waals surface area contributed by atoms with E-state index in [-0.39, 0.29) is 11.7 Å². The number of anilines is 1. The fourth-order valence-corrected chi connectivity index (χ4v) is 2.04. The molecule has 0 aliphatic heterocycles. The highest BCUT2D eigenvalue weighted by Gasteiger charge is 2.34. The van der Waals surface area contributed by atoms with Crippen LogP contribution in [0.25, 0.3) is 0 Å². The van der Waals surface area contributed by atoms with Crippen molar-refractivity contribution in [2.75, 3.05) is 5.73 Å². The van der Waals surface area contributed by atoms with Crippen molar-refractivity contribution in [3.05, 3.63) is 45.3 Å².